The molecule has 0 heterocycles. The van der Waals surface area contributed by atoms with Crippen LogP contribution in [0.1, 0.15) is 25.8 Å². The van der Waals surface area contributed by atoms with Crippen molar-refractivity contribution < 1.29 is 36.6 Å². The first-order valence-corrected chi connectivity index (χ1v) is 6.17. The maximum Gasteiger partial charge on any atom is 0.424 e. The van der Waals surface area contributed by atoms with Gasteiger partial charge in [0.15, 0.2) is 17.9 Å². The summed E-state index contributed by atoms with van der Waals surface area (Å²) >= 11 is 0. The lowest BCUT2D eigenvalue weighted by Gasteiger charge is -2.35. The number of alkyl halides is 3. The lowest BCUT2D eigenvalue weighted by atomic mass is 9.75. The van der Waals surface area contributed by atoms with Crippen LogP contribution in [0.4, 0.5) is 22.0 Å². The van der Waals surface area contributed by atoms with Crippen LogP contribution in [0.3, 0.4) is 0 Å². The smallest absolute Gasteiger partial charge is 0.424 e. The molecule has 0 aliphatic rings. The van der Waals surface area contributed by atoms with E-state index in [1.807, 2.05) is 0 Å². The van der Waals surface area contributed by atoms with Crippen molar-refractivity contribution in [3.05, 3.63) is 29.3 Å². The molecule has 1 atom stereocenters. The molecular formula is C14H15F5O3. The van der Waals surface area contributed by atoms with Crippen LogP contribution in [0.15, 0.2) is 12.1 Å². The van der Waals surface area contributed by atoms with Crippen molar-refractivity contribution in [1.82, 2.24) is 0 Å². The highest BCUT2D eigenvalue weighted by Crippen LogP contribution is 2.43. The van der Waals surface area contributed by atoms with Crippen LogP contribution in [0.5, 0.6) is 5.75 Å². The molecule has 0 saturated carbocycles. The molecule has 0 aliphatic carbocycles. The van der Waals surface area contributed by atoms with E-state index >= 15 is 0 Å². The van der Waals surface area contributed by atoms with E-state index < -0.39 is 41.5 Å². The standard InChI is InChI=1S/C14H15F5O3/c1-12(2,6-13(21,7-20)14(17,18)19)8-4-9(15)10(16)5-11(8)22-3/h4-5,7,21H,6H2,1-3H3. The summed E-state index contributed by atoms with van der Waals surface area (Å²) in [5.41, 5.74) is -5.23. The quantitative estimate of drug-likeness (QED) is 0.668. The van der Waals surface area contributed by atoms with Crippen LogP contribution in [-0.2, 0) is 10.2 Å². The number of hydrogen-bond acceptors (Lipinski definition) is 3. The molecule has 0 aromatic heterocycles. The average Bonchev–Trinajstić information content (AvgIpc) is 2.39. The Morgan fingerprint density at radius 1 is 1.18 bits per heavy atom. The van der Waals surface area contributed by atoms with E-state index in [1.165, 1.54) is 13.8 Å². The predicted octanol–water partition coefficient (Wildman–Crippen LogP) is 3.13. The average molecular weight is 326 g/mol. The van der Waals surface area contributed by atoms with Crippen molar-refractivity contribution in [2.24, 2.45) is 0 Å². The Kier molecular flexibility index (Phi) is 4.86. The van der Waals surface area contributed by atoms with E-state index in [9.17, 15) is 31.9 Å². The van der Waals surface area contributed by atoms with Crippen molar-refractivity contribution in [3.8, 4) is 5.75 Å². The second kappa shape index (κ2) is 5.83. The number of rotatable bonds is 5. The van der Waals surface area contributed by atoms with Crippen LogP contribution in [-0.4, -0.2) is 30.3 Å². The van der Waals surface area contributed by atoms with Crippen LogP contribution in [0, 0.1) is 11.6 Å². The van der Waals surface area contributed by atoms with Crippen molar-refractivity contribution in [3.63, 3.8) is 0 Å². The van der Waals surface area contributed by atoms with Gasteiger partial charge in [0, 0.05) is 18.1 Å². The number of benzene rings is 1. The van der Waals surface area contributed by atoms with Gasteiger partial charge in [0.05, 0.1) is 7.11 Å². The summed E-state index contributed by atoms with van der Waals surface area (Å²) < 4.78 is 69.9. The highest BCUT2D eigenvalue weighted by molar-refractivity contribution is 5.64. The van der Waals surface area contributed by atoms with Crippen molar-refractivity contribution in [2.45, 2.75) is 37.5 Å². The van der Waals surface area contributed by atoms with Gasteiger partial charge in [0.1, 0.15) is 5.75 Å². The number of carbonyl (C=O) groups excluding carboxylic acids is 1. The monoisotopic (exact) mass is 326 g/mol. The maximum atomic E-state index is 13.4. The number of hydrogen-bond donors (Lipinski definition) is 1. The summed E-state index contributed by atoms with van der Waals surface area (Å²) in [6, 6.07) is 1.38. The number of methoxy groups -OCH3 is 1. The molecule has 1 rings (SSSR count). The Morgan fingerprint density at radius 3 is 2.09 bits per heavy atom. The first-order chi connectivity index (χ1) is 9.88. The fourth-order valence-corrected chi connectivity index (χ4v) is 2.20. The van der Waals surface area contributed by atoms with Gasteiger partial charge in [-0.3, -0.25) is 4.79 Å². The van der Waals surface area contributed by atoms with E-state index in [0.717, 1.165) is 7.11 Å². The summed E-state index contributed by atoms with van der Waals surface area (Å²) in [6.45, 7) is 2.50. The van der Waals surface area contributed by atoms with Gasteiger partial charge in [-0.25, -0.2) is 8.78 Å². The fourth-order valence-electron chi connectivity index (χ4n) is 2.20. The Labute approximate surface area is 123 Å². The summed E-state index contributed by atoms with van der Waals surface area (Å²) in [4.78, 5) is 10.7. The van der Waals surface area contributed by atoms with Crippen LogP contribution >= 0.6 is 0 Å². The number of ether oxygens (including phenoxy) is 1. The van der Waals surface area contributed by atoms with E-state index in [0.29, 0.717) is 12.1 Å². The van der Waals surface area contributed by atoms with Gasteiger partial charge in [-0.15, -0.1) is 0 Å². The summed E-state index contributed by atoms with van der Waals surface area (Å²) in [7, 11) is 1.14. The van der Waals surface area contributed by atoms with Gasteiger partial charge in [0.2, 0.25) is 5.60 Å². The Morgan fingerprint density at radius 2 is 1.68 bits per heavy atom. The summed E-state index contributed by atoms with van der Waals surface area (Å²) in [6.07, 6.45) is -6.88. The molecule has 1 aromatic rings. The molecule has 0 aliphatic heterocycles. The molecule has 0 amide bonds. The van der Waals surface area contributed by atoms with E-state index in [4.69, 9.17) is 4.74 Å². The summed E-state index contributed by atoms with van der Waals surface area (Å²) in [5, 5.41) is 9.54. The molecule has 22 heavy (non-hydrogen) atoms. The number of halogens is 5. The second-order valence-electron chi connectivity index (χ2n) is 5.57. The zero-order valence-electron chi connectivity index (χ0n) is 12.1. The third kappa shape index (κ3) is 3.37. The van der Waals surface area contributed by atoms with Crippen LogP contribution in [0.2, 0.25) is 0 Å². The number of carbonyl (C=O) groups is 1. The highest BCUT2D eigenvalue weighted by atomic mass is 19.4. The topological polar surface area (TPSA) is 46.5 Å². The van der Waals surface area contributed by atoms with E-state index in [1.54, 1.807) is 0 Å². The molecular weight excluding hydrogens is 311 g/mol. The van der Waals surface area contributed by atoms with Gasteiger partial charge in [-0.1, -0.05) is 13.8 Å². The van der Waals surface area contributed by atoms with Gasteiger partial charge < -0.3 is 9.84 Å². The van der Waals surface area contributed by atoms with Gasteiger partial charge in [-0.2, -0.15) is 13.2 Å². The lowest BCUT2D eigenvalue weighted by molar-refractivity contribution is -0.250. The first kappa shape index (κ1) is 18.3. The molecule has 0 saturated heterocycles. The number of aliphatic hydroxyl groups is 1. The van der Waals surface area contributed by atoms with Crippen molar-refractivity contribution >= 4 is 6.29 Å². The normalized spacial score (nSPS) is 15.3. The molecule has 0 fully saturated rings. The maximum absolute atomic E-state index is 13.4. The minimum atomic E-state index is -5.20. The van der Waals surface area contributed by atoms with Crippen molar-refractivity contribution in [2.75, 3.05) is 7.11 Å². The third-order valence-corrected chi connectivity index (χ3v) is 3.37. The molecule has 0 bridgehead atoms. The first-order valence-electron chi connectivity index (χ1n) is 6.17. The zero-order valence-corrected chi connectivity index (χ0v) is 12.1. The van der Waals surface area contributed by atoms with Crippen molar-refractivity contribution in [1.29, 1.82) is 0 Å². The van der Waals surface area contributed by atoms with Gasteiger partial charge >= 0.3 is 6.18 Å². The zero-order chi connectivity index (χ0) is 17.3. The molecule has 1 unspecified atom stereocenters. The largest absolute Gasteiger partial charge is 0.496 e. The predicted molar refractivity (Wildman–Crippen MR) is 67.6 cm³/mol. The Balaban J connectivity index is 3.36. The SMILES string of the molecule is COc1cc(F)c(F)cc1C(C)(C)CC(O)(C=O)C(F)(F)F. The van der Waals surface area contributed by atoms with Gasteiger partial charge in [-0.05, 0) is 11.5 Å². The highest BCUT2D eigenvalue weighted by Gasteiger charge is 2.56. The number of aldehydes is 1. The minimum Gasteiger partial charge on any atom is -0.496 e. The molecule has 0 radical (unpaired) electrons. The molecule has 3 nitrogen and oxygen atoms in total. The molecule has 124 valence electrons. The minimum absolute atomic E-state index is 0.0987. The summed E-state index contributed by atoms with van der Waals surface area (Å²) in [5.74, 6) is -2.68. The van der Waals surface area contributed by atoms with Gasteiger partial charge in [0.25, 0.3) is 0 Å². The molecule has 1 aromatic carbocycles. The molecule has 8 heteroatoms. The lowest BCUT2D eigenvalue weighted by Crippen LogP contribution is -2.50. The molecule has 1 N–H and O–H groups in total. The van der Waals surface area contributed by atoms with Crippen LogP contribution in [0.25, 0.3) is 0 Å². The third-order valence-electron chi connectivity index (χ3n) is 3.37. The fraction of sp³-hybridized carbons (Fsp3) is 0.500. The Bertz CT molecular complexity index is 568. The molecule has 0 spiro atoms. The van der Waals surface area contributed by atoms with Crippen LogP contribution < -0.4 is 4.74 Å². The van der Waals surface area contributed by atoms with E-state index in [-0.39, 0.29) is 11.3 Å². The van der Waals surface area contributed by atoms with E-state index in [2.05, 4.69) is 0 Å². The Hall–Kier alpha value is -1.70. The second-order valence-corrected chi connectivity index (χ2v) is 5.57.